The van der Waals surface area contributed by atoms with E-state index in [1.165, 1.54) is 30.4 Å². The molecule has 1 unspecified atom stereocenters. The molecule has 0 radical (unpaired) electrons. The Labute approximate surface area is 115 Å². The number of aryl methyl sites for hydroxylation is 1. The molecule has 1 heterocycles. The fraction of sp³-hybridized carbons (Fsp3) is 0.625. The van der Waals surface area contributed by atoms with Crippen LogP contribution in [0.5, 0.6) is 0 Å². The number of rotatable bonds is 4. The summed E-state index contributed by atoms with van der Waals surface area (Å²) in [5, 5.41) is 9.64. The minimum atomic E-state index is -0.390. The molecule has 0 spiro atoms. The molecule has 0 saturated heterocycles. The van der Waals surface area contributed by atoms with Crippen LogP contribution in [0.25, 0.3) is 0 Å². The summed E-state index contributed by atoms with van der Waals surface area (Å²) in [6, 6.07) is 8.70. The van der Waals surface area contributed by atoms with Gasteiger partial charge in [0.05, 0.1) is 12.1 Å². The number of benzene rings is 1. The second-order valence-corrected chi connectivity index (χ2v) is 6.25. The summed E-state index contributed by atoms with van der Waals surface area (Å²) in [5.74, 6) is 0.524. The summed E-state index contributed by atoms with van der Waals surface area (Å²) in [5.41, 5.74) is 8.93. The molecule has 1 aliphatic heterocycles. The van der Waals surface area contributed by atoms with Gasteiger partial charge in [-0.3, -0.25) is 4.90 Å². The second-order valence-electron chi connectivity index (χ2n) is 6.25. The third kappa shape index (κ3) is 2.83. The van der Waals surface area contributed by atoms with Gasteiger partial charge in [-0.2, -0.15) is 0 Å². The third-order valence-electron chi connectivity index (χ3n) is 4.64. The maximum absolute atomic E-state index is 9.64. The highest BCUT2D eigenvalue weighted by molar-refractivity contribution is 5.28. The molecule has 0 aromatic heterocycles. The van der Waals surface area contributed by atoms with Crippen molar-refractivity contribution >= 4 is 0 Å². The summed E-state index contributed by atoms with van der Waals surface area (Å²) < 4.78 is 0. The van der Waals surface area contributed by atoms with Gasteiger partial charge in [-0.1, -0.05) is 24.3 Å². The first-order valence-corrected chi connectivity index (χ1v) is 7.40. The molecule has 19 heavy (non-hydrogen) atoms. The van der Waals surface area contributed by atoms with Crippen LogP contribution in [0.15, 0.2) is 24.3 Å². The van der Waals surface area contributed by atoms with Gasteiger partial charge in [0.2, 0.25) is 0 Å². The lowest BCUT2D eigenvalue weighted by Crippen LogP contribution is -2.54. The van der Waals surface area contributed by atoms with Crippen molar-refractivity contribution in [2.24, 2.45) is 11.7 Å². The maximum Gasteiger partial charge on any atom is 0.0626 e. The van der Waals surface area contributed by atoms with Crippen molar-refractivity contribution in [2.75, 3.05) is 19.7 Å². The first-order valence-electron chi connectivity index (χ1n) is 7.40. The van der Waals surface area contributed by atoms with Crippen LogP contribution in [-0.2, 0) is 13.0 Å². The van der Waals surface area contributed by atoms with E-state index in [1.54, 1.807) is 0 Å². The first kappa shape index (κ1) is 13.1. The van der Waals surface area contributed by atoms with Crippen LogP contribution in [0.2, 0.25) is 0 Å². The summed E-state index contributed by atoms with van der Waals surface area (Å²) in [7, 11) is 0. The van der Waals surface area contributed by atoms with E-state index in [0.29, 0.717) is 5.92 Å². The molecule has 0 bridgehead atoms. The Hall–Kier alpha value is -0.900. The zero-order valence-corrected chi connectivity index (χ0v) is 11.5. The lowest BCUT2D eigenvalue weighted by molar-refractivity contribution is 0.117. The summed E-state index contributed by atoms with van der Waals surface area (Å²) in [4.78, 5) is 2.43. The smallest absolute Gasteiger partial charge is 0.0626 e. The molecule has 3 rings (SSSR count). The van der Waals surface area contributed by atoms with Gasteiger partial charge in [-0.15, -0.1) is 0 Å². The fourth-order valence-corrected chi connectivity index (χ4v) is 3.29. The fourth-order valence-electron chi connectivity index (χ4n) is 3.29. The van der Waals surface area contributed by atoms with E-state index in [0.717, 1.165) is 26.1 Å². The van der Waals surface area contributed by atoms with Gasteiger partial charge >= 0.3 is 0 Å². The average Bonchev–Trinajstić information content (AvgIpc) is 3.25. The standard InChI is InChI=1S/C16H24N2O/c17-16(12-19,15-7-8-15)11-18-9-3-6-13-4-1-2-5-14(13)10-18/h1-2,4-5,15,19H,3,6-12,17H2. The topological polar surface area (TPSA) is 49.5 Å². The van der Waals surface area contributed by atoms with E-state index < -0.39 is 0 Å². The predicted octanol–water partition coefficient (Wildman–Crippen LogP) is 1.53. The number of fused-ring (bicyclic) bond motifs is 1. The van der Waals surface area contributed by atoms with Crippen molar-refractivity contribution in [1.29, 1.82) is 0 Å². The van der Waals surface area contributed by atoms with E-state index in [2.05, 4.69) is 29.2 Å². The number of aliphatic hydroxyl groups excluding tert-OH is 1. The quantitative estimate of drug-likeness (QED) is 0.863. The number of hydrogen-bond acceptors (Lipinski definition) is 3. The van der Waals surface area contributed by atoms with Gasteiger partial charge in [0.1, 0.15) is 0 Å². The van der Waals surface area contributed by atoms with Crippen molar-refractivity contribution in [2.45, 2.75) is 37.8 Å². The summed E-state index contributed by atoms with van der Waals surface area (Å²) >= 11 is 0. The Morgan fingerprint density at radius 2 is 2.00 bits per heavy atom. The van der Waals surface area contributed by atoms with Gasteiger partial charge in [-0.25, -0.2) is 0 Å². The van der Waals surface area contributed by atoms with Crippen molar-refractivity contribution < 1.29 is 5.11 Å². The molecule has 3 nitrogen and oxygen atoms in total. The Morgan fingerprint density at radius 1 is 1.26 bits per heavy atom. The Morgan fingerprint density at radius 3 is 2.68 bits per heavy atom. The largest absolute Gasteiger partial charge is 0.394 e. The van der Waals surface area contributed by atoms with Crippen molar-refractivity contribution in [3.63, 3.8) is 0 Å². The molecule has 1 aromatic carbocycles. The lowest BCUT2D eigenvalue weighted by atomic mass is 9.94. The number of nitrogens with two attached hydrogens (primary N) is 1. The summed E-state index contributed by atoms with van der Waals surface area (Å²) in [6.45, 7) is 2.99. The molecule has 3 N–H and O–H groups in total. The Bertz CT molecular complexity index is 444. The highest BCUT2D eigenvalue weighted by atomic mass is 16.3. The van der Waals surface area contributed by atoms with Crippen LogP contribution in [0.1, 0.15) is 30.4 Å². The van der Waals surface area contributed by atoms with Crippen LogP contribution in [0.4, 0.5) is 0 Å². The van der Waals surface area contributed by atoms with Crippen LogP contribution < -0.4 is 5.73 Å². The monoisotopic (exact) mass is 260 g/mol. The van der Waals surface area contributed by atoms with Gasteiger partial charge < -0.3 is 10.8 Å². The molecule has 2 aliphatic rings. The Kier molecular flexibility index (Phi) is 3.61. The zero-order chi connectivity index (χ0) is 13.3. The van der Waals surface area contributed by atoms with Crippen molar-refractivity contribution in [3.8, 4) is 0 Å². The van der Waals surface area contributed by atoms with Crippen LogP contribution in [0, 0.1) is 5.92 Å². The lowest BCUT2D eigenvalue weighted by Gasteiger charge is -2.34. The molecule has 1 atom stereocenters. The molecule has 1 aliphatic carbocycles. The minimum absolute atomic E-state index is 0.107. The minimum Gasteiger partial charge on any atom is -0.394 e. The Balaban J connectivity index is 1.72. The van der Waals surface area contributed by atoms with Gasteiger partial charge in [0.25, 0.3) is 0 Å². The second kappa shape index (κ2) is 5.23. The molecule has 1 saturated carbocycles. The normalized spacial score (nSPS) is 23.5. The van der Waals surface area contributed by atoms with Crippen LogP contribution in [0.3, 0.4) is 0 Å². The van der Waals surface area contributed by atoms with Crippen molar-refractivity contribution in [1.82, 2.24) is 4.90 Å². The molecular formula is C16H24N2O. The maximum atomic E-state index is 9.64. The first-order chi connectivity index (χ1) is 9.21. The van der Waals surface area contributed by atoms with E-state index >= 15 is 0 Å². The molecular weight excluding hydrogens is 236 g/mol. The van der Waals surface area contributed by atoms with Gasteiger partial charge in [0.15, 0.2) is 0 Å². The molecule has 0 amide bonds. The van der Waals surface area contributed by atoms with Crippen molar-refractivity contribution in [3.05, 3.63) is 35.4 Å². The number of nitrogens with zero attached hydrogens (tertiary/aromatic N) is 1. The van der Waals surface area contributed by atoms with Gasteiger partial charge in [-0.05, 0) is 49.3 Å². The third-order valence-corrected chi connectivity index (χ3v) is 4.64. The molecule has 3 heteroatoms. The van der Waals surface area contributed by atoms with Crippen LogP contribution >= 0.6 is 0 Å². The van der Waals surface area contributed by atoms with E-state index in [9.17, 15) is 5.11 Å². The molecule has 104 valence electrons. The van der Waals surface area contributed by atoms with E-state index in [-0.39, 0.29) is 12.1 Å². The number of hydrogen-bond donors (Lipinski definition) is 2. The molecule has 1 aromatic rings. The van der Waals surface area contributed by atoms with E-state index in [1.807, 2.05) is 0 Å². The number of aliphatic hydroxyl groups is 1. The zero-order valence-electron chi connectivity index (χ0n) is 11.5. The van der Waals surface area contributed by atoms with E-state index in [4.69, 9.17) is 5.73 Å². The highest BCUT2D eigenvalue weighted by Crippen LogP contribution is 2.38. The SMILES string of the molecule is NC(CO)(CN1CCCc2ccccc2C1)C1CC1. The highest BCUT2D eigenvalue weighted by Gasteiger charge is 2.42. The van der Waals surface area contributed by atoms with Crippen LogP contribution in [-0.4, -0.2) is 35.2 Å². The summed E-state index contributed by atoms with van der Waals surface area (Å²) in [6.07, 6.45) is 4.71. The predicted molar refractivity (Wildman–Crippen MR) is 76.8 cm³/mol. The van der Waals surface area contributed by atoms with Gasteiger partial charge in [0, 0.05) is 13.1 Å². The average molecular weight is 260 g/mol. The molecule has 1 fully saturated rings.